The molecule has 2 aromatic rings. The van der Waals surface area contributed by atoms with E-state index in [1.807, 2.05) is 0 Å². The topological polar surface area (TPSA) is 85.5 Å². The summed E-state index contributed by atoms with van der Waals surface area (Å²) in [4.78, 5) is 38.2. The molecule has 0 atom stereocenters. The monoisotopic (exact) mass is 369 g/mol. The van der Waals surface area contributed by atoms with Crippen molar-refractivity contribution >= 4 is 40.9 Å². The van der Waals surface area contributed by atoms with Gasteiger partial charge < -0.3 is 14.5 Å². The molecule has 24 heavy (non-hydrogen) atoms. The summed E-state index contributed by atoms with van der Waals surface area (Å²) in [7, 11) is 0. The van der Waals surface area contributed by atoms with Gasteiger partial charge in [-0.15, -0.1) is 0 Å². The number of halogens is 2. The molecule has 0 radical (unpaired) electrons. The van der Waals surface area contributed by atoms with Gasteiger partial charge in [0.25, 0.3) is 0 Å². The van der Waals surface area contributed by atoms with Gasteiger partial charge in [0, 0.05) is 13.8 Å². The number of H-pyrrole nitrogens is 1. The van der Waals surface area contributed by atoms with Crippen LogP contribution >= 0.6 is 23.2 Å². The summed E-state index contributed by atoms with van der Waals surface area (Å²) in [6.07, 6.45) is 0. The molecule has 0 amide bonds. The molecule has 0 aliphatic carbocycles. The molecule has 2 rings (SSSR count). The van der Waals surface area contributed by atoms with Gasteiger partial charge in [0.1, 0.15) is 22.2 Å². The predicted octanol–water partition coefficient (Wildman–Crippen LogP) is 3.71. The maximum absolute atomic E-state index is 12.9. The van der Waals surface area contributed by atoms with Gasteiger partial charge in [-0.1, -0.05) is 29.3 Å². The third-order valence-electron chi connectivity index (χ3n) is 3.08. The molecule has 0 saturated heterocycles. The Kier molecular flexibility index (Phi) is 5.31. The lowest BCUT2D eigenvalue weighted by molar-refractivity contribution is -0.132. The van der Waals surface area contributed by atoms with Crippen LogP contribution in [-0.4, -0.2) is 22.7 Å². The number of esters is 2. The van der Waals surface area contributed by atoms with Crippen LogP contribution < -0.4 is 9.47 Å². The fourth-order valence-electron chi connectivity index (χ4n) is 2.10. The Morgan fingerprint density at radius 3 is 1.88 bits per heavy atom. The van der Waals surface area contributed by atoms with Crippen LogP contribution in [0.1, 0.15) is 35.5 Å². The average Bonchev–Trinajstić information content (AvgIpc) is 2.73. The first kappa shape index (κ1) is 18.0. The third-order valence-corrected chi connectivity index (χ3v) is 3.93. The van der Waals surface area contributed by atoms with E-state index in [2.05, 4.69) is 4.98 Å². The smallest absolute Gasteiger partial charge is 0.308 e. The lowest BCUT2D eigenvalue weighted by Gasteiger charge is -2.12. The van der Waals surface area contributed by atoms with E-state index in [-0.39, 0.29) is 32.9 Å². The van der Waals surface area contributed by atoms with E-state index in [0.29, 0.717) is 5.56 Å². The van der Waals surface area contributed by atoms with Crippen molar-refractivity contribution in [3.8, 4) is 11.5 Å². The fraction of sp³-hybridized carbons (Fsp3) is 0.188. The molecule has 1 aromatic heterocycles. The predicted molar refractivity (Wildman–Crippen MR) is 88.0 cm³/mol. The van der Waals surface area contributed by atoms with Crippen molar-refractivity contribution in [2.24, 2.45) is 0 Å². The van der Waals surface area contributed by atoms with Crippen molar-refractivity contribution in [3.63, 3.8) is 0 Å². The molecule has 8 heteroatoms. The van der Waals surface area contributed by atoms with Crippen molar-refractivity contribution in [1.29, 1.82) is 0 Å². The minimum absolute atomic E-state index is 0.0347. The second-order valence-electron chi connectivity index (χ2n) is 4.90. The lowest BCUT2D eigenvalue weighted by Crippen LogP contribution is -2.13. The van der Waals surface area contributed by atoms with Crippen molar-refractivity contribution in [1.82, 2.24) is 4.98 Å². The first-order valence-corrected chi connectivity index (χ1v) is 7.56. The standard InChI is InChI=1S/C16H13Cl2NO5/c1-7-13(17)16(18)19-14(7)15(22)12-10(23-8(2)20)5-4-6-11(12)24-9(3)21/h4-6,19H,1-3H3. The van der Waals surface area contributed by atoms with E-state index in [4.69, 9.17) is 32.7 Å². The number of aromatic amines is 1. The summed E-state index contributed by atoms with van der Waals surface area (Å²) >= 11 is 11.9. The molecule has 1 N–H and O–H groups in total. The highest BCUT2D eigenvalue weighted by molar-refractivity contribution is 6.42. The number of carbonyl (C=O) groups excluding carboxylic acids is 3. The van der Waals surface area contributed by atoms with Crippen molar-refractivity contribution in [3.05, 3.63) is 45.2 Å². The molecule has 1 heterocycles. The highest BCUT2D eigenvalue weighted by Gasteiger charge is 2.26. The van der Waals surface area contributed by atoms with Gasteiger partial charge in [0.2, 0.25) is 5.78 Å². The van der Waals surface area contributed by atoms with Gasteiger partial charge in [-0.3, -0.25) is 14.4 Å². The Balaban J connectivity index is 2.64. The van der Waals surface area contributed by atoms with Crippen LogP contribution in [0.4, 0.5) is 0 Å². The van der Waals surface area contributed by atoms with Gasteiger partial charge in [-0.05, 0) is 24.6 Å². The SMILES string of the molecule is CC(=O)Oc1cccc(OC(C)=O)c1C(=O)c1[nH]c(Cl)c(Cl)c1C. The molecule has 0 fully saturated rings. The minimum Gasteiger partial charge on any atom is -0.426 e. The Labute approximate surface area is 147 Å². The third kappa shape index (κ3) is 3.60. The Morgan fingerprint density at radius 1 is 1.00 bits per heavy atom. The van der Waals surface area contributed by atoms with E-state index in [1.54, 1.807) is 6.92 Å². The number of nitrogens with one attached hydrogen (secondary N) is 1. The van der Waals surface area contributed by atoms with Crippen molar-refractivity contribution < 1.29 is 23.9 Å². The largest absolute Gasteiger partial charge is 0.426 e. The summed E-state index contributed by atoms with van der Waals surface area (Å²) in [5.41, 5.74) is 0.455. The van der Waals surface area contributed by atoms with Crippen molar-refractivity contribution in [2.75, 3.05) is 0 Å². The zero-order chi connectivity index (χ0) is 18.0. The van der Waals surface area contributed by atoms with E-state index < -0.39 is 17.7 Å². The first-order valence-electron chi connectivity index (χ1n) is 6.80. The summed E-state index contributed by atoms with van der Waals surface area (Å²) in [6, 6.07) is 4.33. The molecule has 0 unspecified atom stereocenters. The molecular weight excluding hydrogens is 357 g/mol. The van der Waals surface area contributed by atoms with Gasteiger partial charge >= 0.3 is 11.9 Å². The number of aromatic nitrogens is 1. The average molecular weight is 370 g/mol. The number of carbonyl (C=O) groups is 3. The number of hydrogen-bond acceptors (Lipinski definition) is 5. The van der Waals surface area contributed by atoms with Crippen LogP contribution in [0.3, 0.4) is 0 Å². The van der Waals surface area contributed by atoms with E-state index >= 15 is 0 Å². The Hall–Kier alpha value is -2.31. The summed E-state index contributed by atoms with van der Waals surface area (Å²) in [5, 5.41) is 0.315. The number of benzene rings is 1. The minimum atomic E-state index is -0.622. The van der Waals surface area contributed by atoms with E-state index in [0.717, 1.165) is 0 Å². The zero-order valence-corrected chi connectivity index (χ0v) is 14.5. The molecule has 0 spiro atoms. The van der Waals surface area contributed by atoms with Crippen LogP contribution in [0.2, 0.25) is 10.2 Å². The van der Waals surface area contributed by atoms with Crippen LogP contribution in [0.15, 0.2) is 18.2 Å². The van der Waals surface area contributed by atoms with E-state index in [9.17, 15) is 14.4 Å². The number of ether oxygens (including phenoxy) is 2. The lowest BCUT2D eigenvalue weighted by atomic mass is 10.0. The normalized spacial score (nSPS) is 10.4. The van der Waals surface area contributed by atoms with Gasteiger partial charge in [-0.25, -0.2) is 0 Å². The maximum Gasteiger partial charge on any atom is 0.308 e. The molecule has 6 nitrogen and oxygen atoms in total. The van der Waals surface area contributed by atoms with Crippen LogP contribution in [0, 0.1) is 6.92 Å². The number of rotatable bonds is 4. The molecule has 0 aliphatic rings. The first-order chi connectivity index (χ1) is 11.2. The highest BCUT2D eigenvalue weighted by Crippen LogP contribution is 2.35. The molecule has 0 saturated carbocycles. The Bertz CT molecular complexity index is 807. The summed E-state index contributed by atoms with van der Waals surface area (Å²) in [5.74, 6) is -1.89. The van der Waals surface area contributed by atoms with Crippen molar-refractivity contribution in [2.45, 2.75) is 20.8 Å². The van der Waals surface area contributed by atoms with Crippen LogP contribution in [0.25, 0.3) is 0 Å². The Morgan fingerprint density at radius 2 is 1.50 bits per heavy atom. The highest BCUT2D eigenvalue weighted by atomic mass is 35.5. The molecule has 0 aliphatic heterocycles. The quantitative estimate of drug-likeness (QED) is 0.504. The number of hydrogen-bond donors (Lipinski definition) is 1. The summed E-state index contributed by atoms with van der Waals surface area (Å²) < 4.78 is 10.1. The molecular formula is C16H13Cl2NO5. The molecule has 1 aromatic carbocycles. The van der Waals surface area contributed by atoms with Crippen LogP contribution in [0.5, 0.6) is 11.5 Å². The second kappa shape index (κ2) is 7.07. The molecule has 126 valence electrons. The van der Waals surface area contributed by atoms with Crippen LogP contribution in [-0.2, 0) is 9.59 Å². The molecule has 0 bridgehead atoms. The van der Waals surface area contributed by atoms with Gasteiger partial charge in [0.05, 0.1) is 10.7 Å². The van der Waals surface area contributed by atoms with Gasteiger partial charge in [-0.2, -0.15) is 0 Å². The number of ketones is 1. The van der Waals surface area contributed by atoms with Gasteiger partial charge in [0.15, 0.2) is 0 Å². The summed E-state index contributed by atoms with van der Waals surface area (Å²) in [6.45, 7) is 4.00. The second-order valence-corrected chi connectivity index (χ2v) is 5.65. The fourth-order valence-corrected chi connectivity index (χ4v) is 2.48. The van der Waals surface area contributed by atoms with E-state index in [1.165, 1.54) is 32.0 Å². The maximum atomic E-state index is 12.9. The zero-order valence-electron chi connectivity index (χ0n) is 13.0.